The average molecular weight is 267 g/mol. The second-order valence-corrected chi connectivity index (χ2v) is 6.06. The summed E-state index contributed by atoms with van der Waals surface area (Å²) < 4.78 is 0. The number of allylic oxidation sites excluding steroid dienone is 2. The van der Waals surface area contributed by atoms with Crippen molar-refractivity contribution in [3.05, 3.63) is 12.2 Å². The molecular weight excluding hydrogens is 228 g/mol. The molecule has 0 saturated heterocycles. The molecular formula is C19H38. The fourth-order valence-corrected chi connectivity index (χ4v) is 3.10. The molecule has 114 valence electrons. The number of rotatable bonds is 13. The molecule has 0 aliphatic heterocycles. The molecule has 0 saturated carbocycles. The Morgan fingerprint density at radius 2 is 1.32 bits per heavy atom. The molecule has 0 heterocycles. The molecule has 0 rings (SSSR count). The van der Waals surface area contributed by atoms with Crippen LogP contribution in [0.4, 0.5) is 0 Å². The van der Waals surface area contributed by atoms with Crippen molar-refractivity contribution in [2.75, 3.05) is 0 Å². The average Bonchev–Trinajstić information content (AvgIpc) is 2.42. The van der Waals surface area contributed by atoms with Gasteiger partial charge in [0, 0.05) is 0 Å². The summed E-state index contributed by atoms with van der Waals surface area (Å²) in [7, 11) is 0. The molecule has 0 bridgehead atoms. The summed E-state index contributed by atoms with van der Waals surface area (Å²) in [4.78, 5) is 0. The zero-order valence-corrected chi connectivity index (χ0v) is 14.1. The SMILES string of the molecule is CC=CC(CCCCC)C(CC)CCCCCCC. The van der Waals surface area contributed by atoms with Crippen LogP contribution in [0.25, 0.3) is 0 Å². The quantitative estimate of drug-likeness (QED) is 0.245. The van der Waals surface area contributed by atoms with Gasteiger partial charge in [0.05, 0.1) is 0 Å². The van der Waals surface area contributed by atoms with Gasteiger partial charge >= 0.3 is 0 Å². The van der Waals surface area contributed by atoms with E-state index in [4.69, 9.17) is 0 Å². The number of hydrogen-bond donors (Lipinski definition) is 0. The number of unbranched alkanes of at least 4 members (excludes halogenated alkanes) is 6. The van der Waals surface area contributed by atoms with Crippen LogP contribution in [0, 0.1) is 11.8 Å². The van der Waals surface area contributed by atoms with Gasteiger partial charge in [0.25, 0.3) is 0 Å². The molecule has 0 aromatic heterocycles. The summed E-state index contributed by atoms with van der Waals surface area (Å²) in [6.07, 6.45) is 20.2. The van der Waals surface area contributed by atoms with E-state index in [1.54, 1.807) is 0 Å². The van der Waals surface area contributed by atoms with Gasteiger partial charge in [-0.25, -0.2) is 0 Å². The van der Waals surface area contributed by atoms with E-state index in [9.17, 15) is 0 Å². The van der Waals surface area contributed by atoms with E-state index in [2.05, 4.69) is 39.8 Å². The lowest BCUT2D eigenvalue weighted by molar-refractivity contribution is 0.320. The Kier molecular flexibility index (Phi) is 14.0. The van der Waals surface area contributed by atoms with Crippen molar-refractivity contribution < 1.29 is 0 Å². The Hall–Kier alpha value is -0.260. The highest BCUT2D eigenvalue weighted by molar-refractivity contribution is 4.89. The second-order valence-electron chi connectivity index (χ2n) is 6.06. The fourth-order valence-electron chi connectivity index (χ4n) is 3.10. The van der Waals surface area contributed by atoms with E-state index < -0.39 is 0 Å². The minimum absolute atomic E-state index is 0.840. The van der Waals surface area contributed by atoms with Gasteiger partial charge in [0.2, 0.25) is 0 Å². The predicted molar refractivity (Wildman–Crippen MR) is 89.6 cm³/mol. The van der Waals surface area contributed by atoms with Crippen molar-refractivity contribution in [1.82, 2.24) is 0 Å². The highest BCUT2D eigenvalue weighted by Gasteiger charge is 2.16. The highest BCUT2D eigenvalue weighted by Crippen LogP contribution is 2.28. The fraction of sp³-hybridized carbons (Fsp3) is 0.895. The van der Waals surface area contributed by atoms with E-state index in [0.29, 0.717) is 0 Å². The third-order valence-electron chi connectivity index (χ3n) is 4.39. The van der Waals surface area contributed by atoms with Gasteiger partial charge in [-0.15, -0.1) is 0 Å². The normalized spacial score (nSPS) is 14.9. The summed E-state index contributed by atoms with van der Waals surface area (Å²) >= 11 is 0. The topological polar surface area (TPSA) is 0 Å². The van der Waals surface area contributed by atoms with Gasteiger partial charge < -0.3 is 0 Å². The van der Waals surface area contributed by atoms with Gasteiger partial charge in [-0.3, -0.25) is 0 Å². The zero-order valence-electron chi connectivity index (χ0n) is 14.1. The first kappa shape index (κ1) is 18.7. The largest absolute Gasteiger partial charge is 0.0914 e. The zero-order chi connectivity index (χ0) is 14.3. The van der Waals surface area contributed by atoms with Crippen LogP contribution in [0.2, 0.25) is 0 Å². The Morgan fingerprint density at radius 1 is 0.737 bits per heavy atom. The van der Waals surface area contributed by atoms with Crippen LogP contribution >= 0.6 is 0 Å². The summed E-state index contributed by atoms with van der Waals surface area (Å²) in [6.45, 7) is 9.16. The minimum atomic E-state index is 0.840. The molecule has 0 aliphatic rings. The van der Waals surface area contributed by atoms with Gasteiger partial charge in [0.15, 0.2) is 0 Å². The van der Waals surface area contributed by atoms with Crippen LogP contribution in [0.3, 0.4) is 0 Å². The first-order valence-electron chi connectivity index (χ1n) is 8.92. The maximum atomic E-state index is 2.48. The van der Waals surface area contributed by atoms with Gasteiger partial charge in [-0.05, 0) is 31.6 Å². The van der Waals surface area contributed by atoms with Crippen molar-refractivity contribution >= 4 is 0 Å². The van der Waals surface area contributed by atoms with Crippen LogP contribution in [-0.2, 0) is 0 Å². The highest BCUT2D eigenvalue weighted by atomic mass is 14.2. The van der Waals surface area contributed by atoms with Crippen LogP contribution in [0.15, 0.2) is 12.2 Å². The van der Waals surface area contributed by atoms with Crippen molar-refractivity contribution in [3.8, 4) is 0 Å². The van der Waals surface area contributed by atoms with Crippen LogP contribution in [-0.4, -0.2) is 0 Å². The molecule has 0 radical (unpaired) electrons. The van der Waals surface area contributed by atoms with Crippen LogP contribution in [0.1, 0.15) is 98.3 Å². The molecule has 0 amide bonds. The van der Waals surface area contributed by atoms with Crippen molar-refractivity contribution in [2.45, 2.75) is 98.3 Å². The van der Waals surface area contributed by atoms with Gasteiger partial charge in [0.1, 0.15) is 0 Å². The van der Waals surface area contributed by atoms with Crippen molar-refractivity contribution in [1.29, 1.82) is 0 Å². The molecule has 0 N–H and O–H groups in total. The molecule has 0 fully saturated rings. The molecule has 0 nitrogen and oxygen atoms in total. The number of hydrogen-bond acceptors (Lipinski definition) is 0. The van der Waals surface area contributed by atoms with E-state index in [1.165, 1.54) is 70.6 Å². The lowest BCUT2D eigenvalue weighted by Gasteiger charge is -2.24. The monoisotopic (exact) mass is 266 g/mol. The Balaban J connectivity index is 4.01. The Labute approximate surface area is 123 Å². The van der Waals surface area contributed by atoms with E-state index in [0.717, 1.165) is 11.8 Å². The summed E-state index contributed by atoms with van der Waals surface area (Å²) in [5.74, 6) is 1.77. The first-order valence-corrected chi connectivity index (χ1v) is 8.92. The van der Waals surface area contributed by atoms with Crippen LogP contribution < -0.4 is 0 Å². The van der Waals surface area contributed by atoms with Crippen molar-refractivity contribution in [3.63, 3.8) is 0 Å². The molecule has 2 unspecified atom stereocenters. The molecule has 0 aromatic rings. The van der Waals surface area contributed by atoms with E-state index in [1.807, 2.05) is 0 Å². The lowest BCUT2D eigenvalue weighted by Crippen LogP contribution is -2.12. The maximum absolute atomic E-state index is 2.48. The first-order chi connectivity index (χ1) is 9.29. The smallest absolute Gasteiger partial charge is 0.0205 e. The van der Waals surface area contributed by atoms with E-state index in [-0.39, 0.29) is 0 Å². The van der Waals surface area contributed by atoms with Gasteiger partial charge in [-0.1, -0.05) is 90.7 Å². The Morgan fingerprint density at radius 3 is 1.89 bits per heavy atom. The van der Waals surface area contributed by atoms with Crippen LogP contribution in [0.5, 0.6) is 0 Å². The van der Waals surface area contributed by atoms with Crippen molar-refractivity contribution in [2.24, 2.45) is 11.8 Å². The summed E-state index contributed by atoms with van der Waals surface area (Å²) in [6, 6.07) is 0. The third kappa shape index (κ3) is 10.2. The maximum Gasteiger partial charge on any atom is -0.0205 e. The Bertz CT molecular complexity index is 192. The minimum Gasteiger partial charge on any atom is -0.0914 e. The predicted octanol–water partition coefficient (Wildman–Crippen LogP) is 7.15. The molecule has 0 aliphatic carbocycles. The molecule has 0 aromatic carbocycles. The molecule has 0 heteroatoms. The molecule has 2 atom stereocenters. The standard InChI is InChI=1S/C19H38/c1-5-9-11-12-14-16-18(8-4)19(15-7-3)17-13-10-6-2/h7,15,18-19H,5-6,8-14,16-17H2,1-4H3. The summed E-state index contributed by atoms with van der Waals surface area (Å²) in [5.41, 5.74) is 0. The third-order valence-corrected chi connectivity index (χ3v) is 4.39. The molecule has 0 spiro atoms. The van der Waals surface area contributed by atoms with Gasteiger partial charge in [-0.2, -0.15) is 0 Å². The lowest BCUT2D eigenvalue weighted by atomic mass is 9.82. The van der Waals surface area contributed by atoms with E-state index >= 15 is 0 Å². The second kappa shape index (κ2) is 14.2. The summed E-state index contributed by atoms with van der Waals surface area (Å²) in [5, 5.41) is 0. The molecule has 19 heavy (non-hydrogen) atoms.